The van der Waals surface area contributed by atoms with Crippen molar-refractivity contribution in [3.05, 3.63) is 42.0 Å². The van der Waals surface area contributed by atoms with Crippen LogP contribution >= 0.6 is 0 Å². The van der Waals surface area contributed by atoms with Crippen molar-refractivity contribution in [1.82, 2.24) is 5.32 Å². The summed E-state index contributed by atoms with van der Waals surface area (Å²) in [6.07, 6.45) is 0.916. The molecule has 1 aromatic rings. The van der Waals surface area contributed by atoms with Crippen LogP contribution in [0.2, 0.25) is 0 Å². The van der Waals surface area contributed by atoms with Gasteiger partial charge in [-0.05, 0) is 31.2 Å². The molecule has 0 bridgehead atoms. The van der Waals surface area contributed by atoms with Gasteiger partial charge in [-0.25, -0.2) is 0 Å². The van der Waals surface area contributed by atoms with Crippen molar-refractivity contribution < 1.29 is 4.74 Å². The van der Waals surface area contributed by atoms with Gasteiger partial charge in [-0.15, -0.1) is 6.58 Å². The third kappa shape index (κ3) is 4.99. The Bertz CT molecular complexity index is 316. The molecule has 0 aliphatic carbocycles. The number of nitrogens with one attached hydrogen (secondary N) is 1. The van der Waals surface area contributed by atoms with Crippen molar-refractivity contribution >= 4 is 0 Å². The first-order valence-electron chi connectivity index (χ1n) is 5.79. The lowest BCUT2D eigenvalue weighted by Crippen LogP contribution is -2.11. The van der Waals surface area contributed by atoms with Crippen molar-refractivity contribution in [2.75, 3.05) is 13.2 Å². The lowest BCUT2D eigenvalue weighted by atomic mass is 10.2. The maximum absolute atomic E-state index is 5.60. The standard InChI is InChI=1S/C14H21NO/c1-4-15-11-13-5-7-14(8-6-13)16-10-9-12(2)3/h5-8,15H,2,4,9-11H2,1,3H3. The molecule has 88 valence electrons. The van der Waals surface area contributed by atoms with Crippen LogP contribution in [0.4, 0.5) is 0 Å². The molecular weight excluding hydrogens is 198 g/mol. The largest absolute Gasteiger partial charge is 0.493 e. The van der Waals surface area contributed by atoms with Crippen LogP contribution in [0.3, 0.4) is 0 Å². The molecule has 0 aliphatic rings. The van der Waals surface area contributed by atoms with E-state index in [0.29, 0.717) is 6.61 Å². The summed E-state index contributed by atoms with van der Waals surface area (Å²) >= 11 is 0. The molecule has 0 radical (unpaired) electrons. The van der Waals surface area contributed by atoms with Gasteiger partial charge in [0.1, 0.15) is 5.75 Å². The molecule has 0 fully saturated rings. The number of hydrogen-bond acceptors (Lipinski definition) is 2. The Balaban J connectivity index is 2.36. The molecule has 0 unspecified atom stereocenters. The van der Waals surface area contributed by atoms with Gasteiger partial charge in [0.25, 0.3) is 0 Å². The predicted octanol–water partition coefficient (Wildman–Crippen LogP) is 3.14. The first kappa shape index (κ1) is 12.8. The molecule has 2 nitrogen and oxygen atoms in total. The van der Waals surface area contributed by atoms with E-state index in [-0.39, 0.29) is 0 Å². The predicted molar refractivity (Wildman–Crippen MR) is 68.7 cm³/mol. The normalized spacial score (nSPS) is 10.1. The highest BCUT2D eigenvalue weighted by Gasteiger charge is 1.95. The van der Waals surface area contributed by atoms with Gasteiger partial charge in [0.2, 0.25) is 0 Å². The lowest BCUT2D eigenvalue weighted by molar-refractivity contribution is 0.321. The SMILES string of the molecule is C=C(C)CCOc1ccc(CNCC)cc1. The molecule has 0 saturated carbocycles. The van der Waals surface area contributed by atoms with Crippen molar-refractivity contribution in [3.63, 3.8) is 0 Å². The van der Waals surface area contributed by atoms with Crippen LogP contribution in [0.5, 0.6) is 5.75 Å². The first-order chi connectivity index (χ1) is 7.72. The van der Waals surface area contributed by atoms with Gasteiger partial charge in [0, 0.05) is 13.0 Å². The second-order valence-corrected chi connectivity index (χ2v) is 3.98. The highest BCUT2D eigenvalue weighted by molar-refractivity contribution is 5.27. The molecule has 0 heterocycles. The summed E-state index contributed by atoms with van der Waals surface area (Å²) in [5, 5.41) is 3.29. The van der Waals surface area contributed by atoms with E-state index >= 15 is 0 Å². The maximum Gasteiger partial charge on any atom is 0.119 e. The quantitative estimate of drug-likeness (QED) is 0.711. The molecule has 2 heteroatoms. The van der Waals surface area contributed by atoms with E-state index in [1.807, 2.05) is 19.1 Å². The Morgan fingerprint density at radius 1 is 1.31 bits per heavy atom. The molecule has 0 saturated heterocycles. The highest BCUT2D eigenvalue weighted by Crippen LogP contribution is 2.12. The van der Waals surface area contributed by atoms with Gasteiger partial charge in [-0.3, -0.25) is 0 Å². The summed E-state index contributed by atoms with van der Waals surface area (Å²) in [4.78, 5) is 0. The second kappa shape index (κ2) is 7.07. The number of hydrogen-bond donors (Lipinski definition) is 1. The molecular formula is C14H21NO. The maximum atomic E-state index is 5.60. The molecule has 0 amide bonds. The Morgan fingerprint density at radius 2 is 2.00 bits per heavy atom. The lowest BCUT2D eigenvalue weighted by Gasteiger charge is -2.07. The summed E-state index contributed by atoms with van der Waals surface area (Å²) in [5.41, 5.74) is 2.44. The number of benzene rings is 1. The monoisotopic (exact) mass is 219 g/mol. The third-order valence-corrected chi connectivity index (χ3v) is 2.30. The van der Waals surface area contributed by atoms with E-state index < -0.39 is 0 Å². The van der Waals surface area contributed by atoms with Crippen LogP contribution < -0.4 is 10.1 Å². The fourth-order valence-electron chi connectivity index (χ4n) is 1.32. The minimum absolute atomic E-state index is 0.710. The Labute approximate surface area is 98.3 Å². The van der Waals surface area contributed by atoms with E-state index in [0.717, 1.165) is 30.8 Å². The zero-order valence-electron chi connectivity index (χ0n) is 10.3. The second-order valence-electron chi connectivity index (χ2n) is 3.98. The smallest absolute Gasteiger partial charge is 0.119 e. The van der Waals surface area contributed by atoms with Crippen LogP contribution in [0.15, 0.2) is 36.4 Å². The van der Waals surface area contributed by atoms with E-state index in [2.05, 4.69) is 31.0 Å². The van der Waals surface area contributed by atoms with Crippen molar-refractivity contribution in [1.29, 1.82) is 0 Å². The average Bonchev–Trinajstić information content (AvgIpc) is 2.27. The minimum Gasteiger partial charge on any atom is -0.493 e. The summed E-state index contributed by atoms with van der Waals surface area (Å²) in [5.74, 6) is 0.932. The third-order valence-electron chi connectivity index (χ3n) is 2.30. The molecule has 0 atom stereocenters. The van der Waals surface area contributed by atoms with Crippen molar-refractivity contribution in [2.24, 2.45) is 0 Å². The Kier molecular flexibility index (Phi) is 5.65. The van der Waals surface area contributed by atoms with Crippen LogP contribution in [0.1, 0.15) is 25.8 Å². The molecule has 0 aromatic heterocycles. The Morgan fingerprint density at radius 3 is 2.56 bits per heavy atom. The fraction of sp³-hybridized carbons (Fsp3) is 0.429. The van der Waals surface area contributed by atoms with Crippen molar-refractivity contribution in [2.45, 2.75) is 26.8 Å². The Hall–Kier alpha value is -1.28. The van der Waals surface area contributed by atoms with Gasteiger partial charge in [0.15, 0.2) is 0 Å². The van der Waals surface area contributed by atoms with Crippen LogP contribution in [-0.2, 0) is 6.54 Å². The molecule has 0 aliphatic heterocycles. The molecule has 1 aromatic carbocycles. The molecule has 1 rings (SSSR count). The summed E-state index contributed by atoms with van der Waals surface area (Å²) in [6.45, 7) is 10.6. The number of rotatable bonds is 7. The van der Waals surface area contributed by atoms with Crippen LogP contribution in [-0.4, -0.2) is 13.2 Å². The first-order valence-corrected chi connectivity index (χ1v) is 5.79. The number of ether oxygens (including phenoxy) is 1. The summed E-state index contributed by atoms with van der Waals surface area (Å²) in [7, 11) is 0. The molecule has 16 heavy (non-hydrogen) atoms. The van der Waals surface area contributed by atoms with Gasteiger partial charge in [-0.2, -0.15) is 0 Å². The van der Waals surface area contributed by atoms with E-state index in [4.69, 9.17) is 4.74 Å². The van der Waals surface area contributed by atoms with Crippen LogP contribution in [0, 0.1) is 0 Å². The van der Waals surface area contributed by atoms with Gasteiger partial charge < -0.3 is 10.1 Å². The van der Waals surface area contributed by atoms with Crippen LogP contribution in [0.25, 0.3) is 0 Å². The van der Waals surface area contributed by atoms with Gasteiger partial charge in [0.05, 0.1) is 6.61 Å². The summed E-state index contributed by atoms with van der Waals surface area (Å²) < 4.78 is 5.60. The van der Waals surface area contributed by atoms with E-state index in [1.54, 1.807) is 0 Å². The average molecular weight is 219 g/mol. The molecule has 1 N–H and O–H groups in total. The van der Waals surface area contributed by atoms with E-state index in [9.17, 15) is 0 Å². The summed E-state index contributed by atoms with van der Waals surface area (Å²) in [6, 6.07) is 8.23. The minimum atomic E-state index is 0.710. The zero-order chi connectivity index (χ0) is 11.8. The van der Waals surface area contributed by atoms with Gasteiger partial charge in [-0.1, -0.05) is 24.6 Å². The van der Waals surface area contributed by atoms with Crippen molar-refractivity contribution in [3.8, 4) is 5.75 Å². The van der Waals surface area contributed by atoms with E-state index in [1.165, 1.54) is 5.56 Å². The topological polar surface area (TPSA) is 21.3 Å². The van der Waals surface area contributed by atoms with Gasteiger partial charge >= 0.3 is 0 Å². The fourth-order valence-corrected chi connectivity index (χ4v) is 1.32. The molecule has 0 spiro atoms. The highest BCUT2D eigenvalue weighted by atomic mass is 16.5. The zero-order valence-corrected chi connectivity index (χ0v) is 10.3.